The molecule has 1 saturated carbocycles. The fraction of sp³-hybridized carbons (Fsp3) is 1.00. The average Bonchev–Trinajstić information content (AvgIpc) is 2.99. The van der Waals surface area contributed by atoms with E-state index in [-0.39, 0.29) is 0 Å². The molecule has 0 aliphatic heterocycles. The average molecular weight is 443 g/mol. The molecule has 1 aliphatic carbocycles. The van der Waals surface area contributed by atoms with Gasteiger partial charge in [-0.1, -0.05) is 87.0 Å². The normalized spacial score (nSPS) is 24.9. The predicted octanol–water partition coefficient (Wildman–Crippen LogP) is 9.86. The molecule has 1 aliphatic rings. The van der Waals surface area contributed by atoms with E-state index in [1.54, 1.807) is 0 Å². The van der Waals surface area contributed by atoms with E-state index in [1.807, 2.05) is 11.8 Å². The van der Waals surface area contributed by atoms with E-state index in [0.717, 1.165) is 34.2 Å². The molecule has 0 radical (unpaired) electrons. The number of hydrogen-bond acceptors (Lipinski definition) is 2. The minimum atomic E-state index is 0.455. The van der Waals surface area contributed by atoms with E-state index < -0.39 is 0 Å². The second-order valence-corrected chi connectivity index (χ2v) is 14.2. The number of unbranched alkanes of at least 4 members (excludes halogenated alkanes) is 3. The molecule has 0 amide bonds. The van der Waals surface area contributed by atoms with Gasteiger partial charge in [0, 0.05) is 15.2 Å². The monoisotopic (exact) mass is 442 g/mol. The Hall–Kier alpha value is 0.700. The van der Waals surface area contributed by atoms with Crippen LogP contribution in [0.15, 0.2) is 0 Å². The van der Waals surface area contributed by atoms with Crippen LogP contribution in [0.1, 0.15) is 126 Å². The third kappa shape index (κ3) is 11.8. The maximum absolute atomic E-state index is 2.51. The third-order valence-corrected chi connectivity index (χ3v) is 10.8. The highest BCUT2D eigenvalue weighted by molar-refractivity contribution is 8.00. The maximum atomic E-state index is 2.51. The standard InChI is InChI=1S/C27H54S2/c1-9-24(20-27(6,7)28-8)14-12-10-11-13-15-25(18-16-21(2)3)29-26-19-17-22(4)23(26)5/h21-26H,9-20H2,1-8H3. The minimum Gasteiger partial charge on any atom is -0.159 e. The molecule has 0 spiro atoms. The largest absolute Gasteiger partial charge is 0.159 e. The molecule has 29 heavy (non-hydrogen) atoms. The summed E-state index contributed by atoms with van der Waals surface area (Å²) in [5, 5.41) is 1.85. The Morgan fingerprint density at radius 3 is 2.07 bits per heavy atom. The van der Waals surface area contributed by atoms with Crippen molar-refractivity contribution in [1.29, 1.82) is 0 Å². The molecule has 0 nitrogen and oxygen atoms in total. The van der Waals surface area contributed by atoms with Crippen LogP contribution < -0.4 is 0 Å². The summed E-state index contributed by atoms with van der Waals surface area (Å²) in [6.45, 7) is 17.0. The van der Waals surface area contributed by atoms with E-state index in [4.69, 9.17) is 0 Å². The third-order valence-electron chi connectivity index (χ3n) is 7.62. The zero-order chi connectivity index (χ0) is 21.9. The van der Waals surface area contributed by atoms with Crippen molar-refractivity contribution in [1.82, 2.24) is 0 Å². The van der Waals surface area contributed by atoms with E-state index in [2.05, 4.69) is 66.5 Å². The molecule has 0 aromatic heterocycles. The summed E-state index contributed by atoms with van der Waals surface area (Å²) in [5.41, 5.74) is 0. The molecule has 0 heterocycles. The van der Waals surface area contributed by atoms with Crippen molar-refractivity contribution in [2.75, 3.05) is 6.26 Å². The second kappa shape index (κ2) is 14.7. The van der Waals surface area contributed by atoms with Gasteiger partial charge in [-0.2, -0.15) is 23.5 Å². The fourth-order valence-corrected chi connectivity index (χ4v) is 7.21. The molecule has 174 valence electrons. The number of hydrogen-bond donors (Lipinski definition) is 0. The molecule has 1 rings (SSSR count). The van der Waals surface area contributed by atoms with Crippen molar-refractivity contribution in [3.63, 3.8) is 0 Å². The van der Waals surface area contributed by atoms with Gasteiger partial charge in [0.25, 0.3) is 0 Å². The zero-order valence-corrected chi connectivity index (χ0v) is 22.9. The first kappa shape index (κ1) is 27.7. The van der Waals surface area contributed by atoms with Crippen molar-refractivity contribution in [2.45, 2.75) is 141 Å². The fourth-order valence-electron chi connectivity index (χ4n) is 4.95. The van der Waals surface area contributed by atoms with Crippen LogP contribution in [0.3, 0.4) is 0 Å². The molecular weight excluding hydrogens is 388 g/mol. The van der Waals surface area contributed by atoms with Crippen molar-refractivity contribution in [2.24, 2.45) is 23.7 Å². The van der Waals surface area contributed by atoms with E-state index in [0.29, 0.717) is 4.75 Å². The van der Waals surface area contributed by atoms with Gasteiger partial charge in [0.15, 0.2) is 0 Å². The Kier molecular flexibility index (Phi) is 14.1. The predicted molar refractivity (Wildman–Crippen MR) is 140 cm³/mol. The molecule has 0 aromatic carbocycles. The molecule has 0 aromatic rings. The van der Waals surface area contributed by atoms with Gasteiger partial charge >= 0.3 is 0 Å². The molecule has 0 N–H and O–H groups in total. The summed E-state index contributed by atoms with van der Waals surface area (Å²) in [6, 6.07) is 0. The lowest BCUT2D eigenvalue weighted by molar-refractivity contribution is 0.379. The topological polar surface area (TPSA) is 0 Å². The van der Waals surface area contributed by atoms with Gasteiger partial charge < -0.3 is 0 Å². The van der Waals surface area contributed by atoms with Gasteiger partial charge in [-0.15, -0.1) is 0 Å². The first-order chi connectivity index (χ1) is 13.7. The Morgan fingerprint density at radius 1 is 0.897 bits per heavy atom. The van der Waals surface area contributed by atoms with Crippen molar-refractivity contribution in [3.05, 3.63) is 0 Å². The lowest BCUT2D eigenvalue weighted by Crippen LogP contribution is -2.19. The van der Waals surface area contributed by atoms with E-state index in [1.165, 1.54) is 77.0 Å². The quantitative estimate of drug-likeness (QED) is 0.218. The Labute approximate surface area is 193 Å². The lowest BCUT2D eigenvalue weighted by atomic mass is 9.89. The zero-order valence-electron chi connectivity index (χ0n) is 21.3. The van der Waals surface area contributed by atoms with Gasteiger partial charge in [0.1, 0.15) is 0 Å². The van der Waals surface area contributed by atoms with E-state index in [9.17, 15) is 0 Å². The van der Waals surface area contributed by atoms with Gasteiger partial charge in [-0.3, -0.25) is 0 Å². The van der Waals surface area contributed by atoms with Crippen molar-refractivity contribution in [3.8, 4) is 0 Å². The van der Waals surface area contributed by atoms with Crippen LogP contribution in [0.25, 0.3) is 0 Å². The number of rotatable bonds is 16. The van der Waals surface area contributed by atoms with E-state index >= 15 is 0 Å². The van der Waals surface area contributed by atoms with Crippen LogP contribution in [0.5, 0.6) is 0 Å². The van der Waals surface area contributed by atoms with Gasteiger partial charge in [0.05, 0.1) is 0 Å². The summed E-state index contributed by atoms with van der Waals surface area (Å²) in [7, 11) is 0. The summed E-state index contributed by atoms with van der Waals surface area (Å²) >= 11 is 4.42. The maximum Gasteiger partial charge on any atom is 0.0103 e. The molecule has 1 fully saturated rings. The first-order valence-electron chi connectivity index (χ1n) is 12.9. The molecular formula is C27H54S2. The van der Waals surface area contributed by atoms with Crippen molar-refractivity contribution < 1.29 is 0 Å². The van der Waals surface area contributed by atoms with Crippen LogP contribution >= 0.6 is 23.5 Å². The van der Waals surface area contributed by atoms with Crippen LogP contribution in [-0.2, 0) is 0 Å². The molecule has 0 saturated heterocycles. The van der Waals surface area contributed by atoms with Crippen LogP contribution in [-0.4, -0.2) is 21.5 Å². The highest BCUT2D eigenvalue weighted by atomic mass is 32.2. The molecule has 5 unspecified atom stereocenters. The smallest absolute Gasteiger partial charge is 0.0103 e. The van der Waals surface area contributed by atoms with Crippen molar-refractivity contribution >= 4 is 23.5 Å². The summed E-state index contributed by atoms with van der Waals surface area (Å²) in [5.74, 6) is 3.66. The molecule has 5 atom stereocenters. The minimum absolute atomic E-state index is 0.455. The summed E-state index contributed by atoms with van der Waals surface area (Å²) in [4.78, 5) is 0. The van der Waals surface area contributed by atoms with Crippen LogP contribution in [0.2, 0.25) is 0 Å². The summed E-state index contributed by atoms with van der Waals surface area (Å²) < 4.78 is 0.455. The first-order valence-corrected chi connectivity index (χ1v) is 15.1. The Morgan fingerprint density at radius 2 is 1.55 bits per heavy atom. The van der Waals surface area contributed by atoms with Gasteiger partial charge in [0.2, 0.25) is 0 Å². The second-order valence-electron chi connectivity index (χ2n) is 11.1. The number of thioether (sulfide) groups is 2. The van der Waals surface area contributed by atoms with Crippen LogP contribution in [0.4, 0.5) is 0 Å². The highest BCUT2D eigenvalue weighted by Gasteiger charge is 2.31. The Bertz CT molecular complexity index is 403. The molecule has 0 bridgehead atoms. The van der Waals surface area contributed by atoms with Gasteiger partial charge in [-0.05, 0) is 68.5 Å². The SMILES string of the molecule is CCC(CCCCCCC(CCC(C)C)SC1CCC(C)C1C)CC(C)(C)SC. The Balaban J connectivity index is 2.29. The van der Waals surface area contributed by atoms with Crippen LogP contribution in [0, 0.1) is 23.7 Å². The highest BCUT2D eigenvalue weighted by Crippen LogP contribution is 2.42. The molecule has 2 heteroatoms. The van der Waals surface area contributed by atoms with Gasteiger partial charge in [-0.25, -0.2) is 0 Å². The lowest BCUT2D eigenvalue weighted by Gasteiger charge is -2.27. The summed E-state index contributed by atoms with van der Waals surface area (Å²) in [6.07, 6.45) is 19.5.